The number of carboxylic acid groups (broad SMARTS) is 1. The molecule has 3 rings (SSSR count). The van der Waals surface area contributed by atoms with Gasteiger partial charge in [0.15, 0.2) is 0 Å². The number of aliphatic carboxylic acids is 1. The minimum Gasteiger partial charge on any atom is -0.480 e. The van der Waals surface area contributed by atoms with Gasteiger partial charge in [-0.1, -0.05) is 31.5 Å². The molecule has 1 heterocycles. The summed E-state index contributed by atoms with van der Waals surface area (Å²) >= 11 is 0. The Kier molecular flexibility index (Phi) is 5.26. The molecule has 6 nitrogen and oxygen atoms in total. The van der Waals surface area contributed by atoms with Crippen LogP contribution in [0.25, 0.3) is 10.9 Å². The van der Waals surface area contributed by atoms with E-state index in [1.165, 1.54) is 5.56 Å². The van der Waals surface area contributed by atoms with Gasteiger partial charge < -0.3 is 20.3 Å². The summed E-state index contributed by atoms with van der Waals surface area (Å²) in [6, 6.07) is 7.88. The number of unbranched alkanes of at least 4 members (excludes halogenated alkanes) is 1. The van der Waals surface area contributed by atoms with Crippen LogP contribution in [0.4, 0.5) is 4.79 Å². The summed E-state index contributed by atoms with van der Waals surface area (Å²) in [4.78, 5) is 23.3. The number of fused-ring (bicyclic) bond motifs is 3. The Hall–Kier alpha value is -2.50. The van der Waals surface area contributed by atoms with Gasteiger partial charge in [0.25, 0.3) is 0 Å². The lowest BCUT2D eigenvalue weighted by Gasteiger charge is -2.25. The van der Waals surface area contributed by atoms with E-state index in [4.69, 9.17) is 0 Å². The van der Waals surface area contributed by atoms with Crippen LogP contribution in [0.2, 0.25) is 0 Å². The Morgan fingerprint density at radius 1 is 1.32 bits per heavy atom. The van der Waals surface area contributed by atoms with E-state index < -0.39 is 5.97 Å². The maximum absolute atomic E-state index is 12.0. The van der Waals surface area contributed by atoms with Crippen molar-refractivity contribution >= 4 is 22.9 Å². The van der Waals surface area contributed by atoms with Gasteiger partial charge in [0, 0.05) is 29.2 Å². The second-order valence-corrected chi connectivity index (χ2v) is 6.62. The maximum atomic E-state index is 12.0. The summed E-state index contributed by atoms with van der Waals surface area (Å²) in [6.07, 6.45) is 4.37. The van der Waals surface area contributed by atoms with Crippen molar-refractivity contribution in [3.05, 3.63) is 35.5 Å². The number of urea groups is 1. The summed E-state index contributed by atoms with van der Waals surface area (Å²) in [5.41, 5.74) is 3.22. The van der Waals surface area contributed by atoms with E-state index in [0.29, 0.717) is 6.54 Å². The van der Waals surface area contributed by atoms with Gasteiger partial charge in [-0.3, -0.25) is 4.79 Å². The van der Waals surface area contributed by atoms with Crippen molar-refractivity contribution in [2.45, 2.75) is 51.6 Å². The van der Waals surface area contributed by atoms with Crippen molar-refractivity contribution in [2.24, 2.45) is 0 Å². The summed E-state index contributed by atoms with van der Waals surface area (Å²) < 4.78 is 1.91. The first-order valence-electron chi connectivity index (χ1n) is 8.95. The Balaban J connectivity index is 1.79. The Labute approximate surface area is 147 Å². The number of nitrogens with one attached hydrogen (secondary N) is 2. The molecular formula is C19H25N3O3. The molecule has 0 fully saturated rings. The first kappa shape index (κ1) is 17.3. The van der Waals surface area contributed by atoms with E-state index in [-0.39, 0.29) is 18.6 Å². The molecule has 0 unspecified atom stereocenters. The third kappa shape index (κ3) is 3.78. The number of benzene rings is 1. The van der Waals surface area contributed by atoms with Crippen molar-refractivity contribution in [2.75, 3.05) is 6.54 Å². The molecule has 1 aliphatic carbocycles. The molecule has 0 radical (unpaired) electrons. The number of carboxylic acids is 1. The van der Waals surface area contributed by atoms with E-state index in [1.54, 1.807) is 0 Å². The molecular weight excluding hydrogens is 318 g/mol. The molecule has 0 bridgehead atoms. The largest absolute Gasteiger partial charge is 0.480 e. The average Bonchev–Trinajstić information content (AvgIpc) is 2.89. The van der Waals surface area contributed by atoms with Gasteiger partial charge in [0.2, 0.25) is 0 Å². The van der Waals surface area contributed by atoms with Crippen LogP contribution in [0.3, 0.4) is 0 Å². The monoisotopic (exact) mass is 343 g/mol. The molecule has 1 aromatic carbocycles. The van der Waals surface area contributed by atoms with Crippen LogP contribution in [-0.4, -0.2) is 34.3 Å². The lowest BCUT2D eigenvalue weighted by atomic mass is 9.91. The van der Waals surface area contributed by atoms with Crippen LogP contribution in [0, 0.1) is 0 Å². The number of nitrogens with zero attached hydrogens (tertiary/aromatic N) is 1. The SMILES string of the molecule is CCCCNC(=O)N[C@@H]1CCc2c(c3ccccc3n2CC(=O)O)C1. The fourth-order valence-electron chi connectivity index (χ4n) is 3.66. The number of carbonyl (C=O) groups is 2. The maximum Gasteiger partial charge on any atom is 0.323 e. The third-order valence-electron chi connectivity index (χ3n) is 4.82. The molecule has 25 heavy (non-hydrogen) atoms. The van der Waals surface area contributed by atoms with Crippen LogP contribution < -0.4 is 10.6 Å². The minimum absolute atomic E-state index is 0.0224. The zero-order valence-corrected chi connectivity index (χ0v) is 14.5. The summed E-state index contributed by atoms with van der Waals surface area (Å²) in [5, 5.41) is 16.3. The molecule has 134 valence electrons. The van der Waals surface area contributed by atoms with E-state index in [0.717, 1.165) is 48.7 Å². The van der Waals surface area contributed by atoms with Gasteiger partial charge in [-0.05, 0) is 37.3 Å². The lowest BCUT2D eigenvalue weighted by Crippen LogP contribution is -2.44. The summed E-state index contributed by atoms with van der Waals surface area (Å²) in [7, 11) is 0. The standard InChI is InChI=1S/C19H25N3O3/c1-2-3-10-20-19(25)21-13-8-9-17-15(11-13)14-6-4-5-7-16(14)22(17)12-18(23)24/h4-7,13H,2-3,8-12H2,1H3,(H,23,24)(H2,20,21,25)/t13-/m1/s1. The van der Waals surface area contributed by atoms with E-state index in [1.807, 2.05) is 28.8 Å². The van der Waals surface area contributed by atoms with Crippen LogP contribution >= 0.6 is 0 Å². The van der Waals surface area contributed by atoms with E-state index >= 15 is 0 Å². The van der Waals surface area contributed by atoms with Crippen molar-refractivity contribution in [1.82, 2.24) is 15.2 Å². The molecule has 2 amide bonds. The van der Waals surface area contributed by atoms with Crippen molar-refractivity contribution < 1.29 is 14.7 Å². The fraction of sp³-hybridized carbons (Fsp3) is 0.474. The predicted molar refractivity (Wildman–Crippen MR) is 96.8 cm³/mol. The number of para-hydroxylation sites is 1. The van der Waals surface area contributed by atoms with Gasteiger partial charge in [-0.15, -0.1) is 0 Å². The Morgan fingerprint density at radius 2 is 2.12 bits per heavy atom. The number of hydrogen-bond donors (Lipinski definition) is 3. The lowest BCUT2D eigenvalue weighted by molar-refractivity contribution is -0.137. The molecule has 0 saturated heterocycles. The first-order valence-corrected chi connectivity index (χ1v) is 8.95. The zero-order valence-electron chi connectivity index (χ0n) is 14.5. The first-order chi connectivity index (χ1) is 12.1. The molecule has 3 N–H and O–H groups in total. The number of rotatable bonds is 6. The van der Waals surface area contributed by atoms with Crippen LogP contribution in [0.1, 0.15) is 37.4 Å². The van der Waals surface area contributed by atoms with E-state index in [2.05, 4.69) is 17.6 Å². The number of carbonyl (C=O) groups excluding carboxylic acids is 1. The van der Waals surface area contributed by atoms with Gasteiger partial charge in [-0.25, -0.2) is 4.79 Å². The second kappa shape index (κ2) is 7.59. The van der Waals surface area contributed by atoms with Gasteiger partial charge in [-0.2, -0.15) is 0 Å². The molecule has 2 aromatic rings. The predicted octanol–water partition coefficient (Wildman–Crippen LogP) is 2.68. The van der Waals surface area contributed by atoms with Crippen molar-refractivity contribution in [1.29, 1.82) is 0 Å². The van der Waals surface area contributed by atoms with E-state index in [9.17, 15) is 14.7 Å². The second-order valence-electron chi connectivity index (χ2n) is 6.62. The smallest absolute Gasteiger partial charge is 0.323 e. The summed E-state index contributed by atoms with van der Waals surface area (Å²) in [6.45, 7) is 2.76. The molecule has 1 atom stereocenters. The highest BCUT2D eigenvalue weighted by molar-refractivity contribution is 5.87. The highest BCUT2D eigenvalue weighted by atomic mass is 16.4. The number of aromatic nitrogens is 1. The molecule has 0 aliphatic heterocycles. The Morgan fingerprint density at radius 3 is 2.88 bits per heavy atom. The Bertz CT molecular complexity index is 782. The molecule has 1 aromatic heterocycles. The third-order valence-corrected chi connectivity index (χ3v) is 4.82. The van der Waals surface area contributed by atoms with Gasteiger partial charge in [0.1, 0.15) is 6.54 Å². The quantitative estimate of drug-likeness (QED) is 0.705. The van der Waals surface area contributed by atoms with Gasteiger partial charge >= 0.3 is 12.0 Å². The zero-order chi connectivity index (χ0) is 17.8. The van der Waals surface area contributed by atoms with Crippen molar-refractivity contribution in [3.63, 3.8) is 0 Å². The van der Waals surface area contributed by atoms with Crippen molar-refractivity contribution in [3.8, 4) is 0 Å². The molecule has 0 spiro atoms. The normalized spacial score (nSPS) is 16.4. The summed E-state index contributed by atoms with van der Waals surface area (Å²) in [5.74, 6) is -0.834. The number of hydrogen-bond acceptors (Lipinski definition) is 2. The van der Waals surface area contributed by atoms with Crippen LogP contribution in [-0.2, 0) is 24.2 Å². The molecule has 6 heteroatoms. The van der Waals surface area contributed by atoms with Crippen LogP contribution in [0.15, 0.2) is 24.3 Å². The fourth-order valence-corrected chi connectivity index (χ4v) is 3.66. The minimum atomic E-state index is -0.834. The average molecular weight is 343 g/mol. The van der Waals surface area contributed by atoms with Crippen LogP contribution in [0.5, 0.6) is 0 Å². The molecule has 0 saturated carbocycles. The van der Waals surface area contributed by atoms with Gasteiger partial charge in [0.05, 0.1) is 0 Å². The topological polar surface area (TPSA) is 83.4 Å². The highest BCUT2D eigenvalue weighted by Gasteiger charge is 2.26. The highest BCUT2D eigenvalue weighted by Crippen LogP contribution is 2.32. The molecule has 1 aliphatic rings. The number of amides is 2.